The summed E-state index contributed by atoms with van der Waals surface area (Å²) in [5, 5.41) is 9.65. The number of aliphatic hydroxyl groups excluding tert-OH is 1. The van der Waals surface area contributed by atoms with E-state index in [4.69, 9.17) is 11.5 Å². The van der Waals surface area contributed by atoms with Gasteiger partial charge in [0.25, 0.3) is 0 Å². The SMILES string of the molecule is C[C@H](O)c1ccc(Sc2nc(N)cc(N)n2)c(F)c1. The van der Waals surface area contributed by atoms with Crippen LogP contribution in [0.5, 0.6) is 0 Å². The summed E-state index contributed by atoms with van der Waals surface area (Å²) in [6, 6.07) is 5.91. The van der Waals surface area contributed by atoms with Gasteiger partial charge in [0.05, 0.1) is 11.0 Å². The first kappa shape index (κ1) is 13.6. The van der Waals surface area contributed by atoms with E-state index in [1.54, 1.807) is 19.1 Å². The van der Waals surface area contributed by atoms with Crippen LogP contribution in [-0.4, -0.2) is 15.1 Å². The van der Waals surface area contributed by atoms with Gasteiger partial charge in [-0.05, 0) is 36.4 Å². The molecule has 1 aromatic carbocycles. The molecule has 7 heteroatoms. The third-order valence-corrected chi connectivity index (χ3v) is 3.30. The number of rotatable bonds is 3. The molecule has 2 aromatic rings. The number of halogens is 1. The first-order valence-corrected chi connectivity index (χ1v) is 6.33. The Labute approximate surface area is 113 Å². The van der Waals surface area contributed by atoms with Crippen LogP contribution in [0.25, 0.3) is 0 Å². The lowest BCUT2D eigenvalue weighted by Gasteiger charge is -2.07. The molecule has 5 N–H and O–H groups in total. The maximum absolute atomic E-state index is 13.8. The summed E-state index contributed by atoms with van der Waals surface area (Å²) in [4.78, 5) is 8.27. The smallest absolute Gasteiger partial charge is 0.196 e. The number of anilines is 2. The Morgan fingerprint density at radius 1 is 1.21 bits per heavy atom. The molecule has 0 aliphatic carbocycles. The van der Waals surface area contributed by atoms with Gasteiger partial charge in [0.1, 0.15) is 17.5 Å². The summed E-state index contributed by atoms with van der Waals surface area (Å²) in [5.41, 5.74) is 11.6. The highest BCUT2D eigenvalue weighted by Crippen LogP contribution is 2.29. The molecule has 1 atom stereocenters. The molecule has 0 fully saturated rings. The Balaban J connectivity index is 2.28. The normalized spacial score (nSPS) is 12.4. The maximum atomic E-state index is 13.8. The van der Waals surface area contributed by atoms with E-state index >= 15 is 0 Å². The van der Waals surface area contributed by atoms with E-state index in [2.05, 4.69) is 9.97 Å². The fraction of sp³-hybridized carbons (Fsp3) is 0.167. The average Bonchev–Trinajstić information content (AvgIpc) is 2.30. The number of aromatic nitrogens is 2. The molecule has 0 saturated heterocycles. The van der Waals surface area contributed by atoms with Crippen molar-refractivity contribution >= 4 is 23.4 Å². The summed E-state index contributed by atoms with van der Waals surface area (Å²) in [7, 11) is 0. The Morgan fingerprint density at radius 2 is 1.84 bits per heavy atom. The molecule has 5 nitrogen and oxygen atoms in total. The van der Waals surface area contributed by atoms with Crippen LogP contribution in [0.2, 0.25) is 0 Å². The molecule has 0 saturated carbocycles. The zero-order chi connectivity index (χ0) is 14.0. The van der Waals surface area contributed by atoms with E-state index in [1.165, 1.54) is 12.1 Å². The molecular weight excluding hydrogens is 267 g/mol. The van der Waals surface area contributed by atoms with Gasteiger partial charge in [-0.15, -0.1) is 0 Å². The molecule has 0 aliphatic rings. The first-order valence-electron chi connectivity index (χ1n) is 5.51. The minimum absolute atomic E-state index is 0.232. The van der Waals surface area contributed by atoms with E-state index in [0.29, 0.717) is 10.5 Å². The van der Waals surface area contributed by atoms with Crippen molar-refractivity contribution in [3.05, 3.63) is 35.6 Å². The van der Waals surface area contributed by atoms with Crippen LogP contribution >= 0.6 is 11.8 Å². The highest BCUT2D eigenvalue weighted by Gasteiger charge is 2.10. The monoisotopic (exact) mass is 280 g/mol. The number of nitrogens with zero attached hydrogens (tertiary/aromatic N) is 2. The quantitative estimate of drug-likeness (QED) is 0.744. The molecular formula is C12H13FN4OS. The van der Waals surface area contributed by atoms with E-state index in [-0.39, 0.29) is 16.8 Å². The zero-order valence-corrected chi connectivity index (χ0v) is 11.0. The van der Waals surface area contributed by atoms with Crippen LogP contribution in [0.3, 0.4) is 0 Å². The summed E-state index contributed by atoms with van der Waals surface area (Å²) >= 11 is 1.02. The number of nitrogens with two attached hydrogens (primary N) is 2. The number of aliphatic hydroxyl groups is 1. The van der Waals surface area contributed by atoms with Crippen LogP contribution in [0.1, 0.15) is 18.6 Å². The van der Waals surface area contributed by atoms with Crippen molar-refractivity contribution < 1.29 is 9.50 Å². The fourth-order valence-electron chi connectivity index (χ4n) is 1.47. The van der Waals surface area contributed by atoms with Crippen LogP contribution in [0.4, 0.5) is 16.0 Å². The Morgan fingerprint density at radius 3 is 2.37 bits per heavy atom. The highest BCUT2D eigenvalue weighted by atomic mass is 32.2. The van der Waals surface area contributed by atoms with Gasteiger partial charge in [-0.3, -0.25) is 0 Å². The fourth-order valence-corrected chi connectivity index (χ4v) is 2.26. The third kappa shape index (κ3) is 3.33. The first-order chi connectivity index (χ1) is 8.95. The van der Waals surface area contributed by atoms with Crippen molar-refractivity contribution in [2.45, 2.75) is 23.1 Å². The molecule has 0 radical (unpaired) electrons. The summed E-state index contributed by atoms with van der Waals surface area (Å²) in [5.74, 6) is 0.0139. The minimum atomic E-state index is -0.715. The van der Waals surface area contributed by atoms with Crippen LogP contribution in [0, 0.1) is 5.82 Å². The third-order valence-electron chi connectivity index (χ3n) is 2.38. The van der Waals surface area contributed by atoms with Crippen LogP contribution < -0.4 is 11.5 Å². The van der Waals surface area contributed by atoms with Crippen molar-refractivity contribution in [2.24, 2.45) is 0 Å². The Hall–Kier alpha value is -1.86. The molecule has 0 amide bonds. The van der Waals surface area contributed by atoms with Crippen LogP contribution in [0.15, 0.2) is 34.3 Å². The molecule has 2 rings (SSSR count). The van der Waals surface area contributed by atoms with Gasteiger partial charge in [0.2, 0.25) is 0 Å². The highest BCUT2D eigenvalue weighted by molar-refractivity contribution is 7.99. The number of nitrogen functional groups attached to an aromatic ring is 2. The van der Waals surface area contributed by atoms with Crippen LogP contribution in [-0.2, 0) is 0 Å². The molecule has 1 aromatic heterocycles. The van der Waals surface area contributed by atoms with Gasteiger partial charge >= 0.3 is 0 Å². The summed E-state index contributed by atoms with van der Waals surface area (Å²) in [6.45, 7) is 1.57. The molecule has 1 heterocycles. The average molecular weight is 280 g/mol. The van der Waals surface area contributed by atoms with Gasteiger partial charge in [0.15, 0.2) is 5.16 Å². The molecule has 19 heavy (non-hydrogen) atoms. The van der Waals surface area contributed by atoms with Crippen molar-refractivity contribution in [1.29, 1.82) is 0 Å². The number of hydrogen-bond donors (Lipinski definition) is 3. The Kier molecular flexibility index (Phi) is 3.87. The van der Waals surface area contributed by atoms with E-state index < -0.39 is 11.9 Å². The van der Waals surface area contributed by atoms with Crippen molar-refractivity contribution in [2.75, 3.05) is 11.5 Å². The van der Waals surface area contributed by atoms with Gasteiger partial charge in [0, 0.05) is 6.07 Å². The van der Waals surface area contributed by atoms with E-state index in [9.17, 15) is 9.50 Å². The van der Waals surface area contributed by atoms with Crippen molar-refractivity contribution in [1.82, 2.24) is 9.97 Å². The van der Waals surface area contributed by atoms with Crippen molar-refractivity contribution in [3.63, 3.8) is 0 Å². The second-order valence-electron chi connectivity index (χ2n) is 3.97. The lowest BCUT2D eigenvalue weighted by molar-refractivity contribution is 0.198. The zero-order valence-electron chi connectivity index (χ0n) is 10.2. The standard InChI is InChI=1S/C12H13FN4OS/c1-6(18)7-2-3-9(8(13)4-7)19-12-16-10(14)5-11(15)17-12/h2-6,18H,1H3,(H4,14,15,16,17)/t6-/m0/s1. The minimum Gasteiger partial charge on any atom is -0.389 e. The summed E-state index contributed by atoms with van der Waals surface area (Å²) < 4.78 is 13.8. The molecule has 0 aliphatic heterocycles. The van der Waals surface area contributed by atoms with E-state index in [0.717, 1.165) is 11.8 Å². The second kappa shape index (κ2) is 5.41. The van der Waals surface area contributed by atoms with Gasteiger partial charge in [-0.2, -0.15) is 0 Å². The topological polar surface area (TPSA) is 98.0 Å². The van der Waals surface area contributed by atoms with Gasteiger partial charge < -0.3 is 16.6 Å². The maximum Gasteiger partial charge on any atom is 0.196 e. The second-order valence-corrected chi connectivity index (χ2v) is 4.98. The predicted molar refractivity (Wildman–Crippen MR) is 72.0 cm³/mol. The lowest BCUT2D eigenvalue weighted by Crippen LogP contribution is -1.99. The summed E-state index contributed by atoms with van der Waals surface area (Å²) in [6.07, 6.45) is -0.715. The number of hydrogen-bond acceptors (Lipinski definition) is 6. The van der Waals surface area contributed by atoms with Gasteiger partial charge in [-0.1, -0.05) is 6.07 Å². The largest absolute Gasteiger partial charge is 0.389 e. The number of benzene rings is 1. The molecule has 100 valence electrons. The predicted octanol–water partition coefficient (Wildman–Crippen LogP) is 1.98. The lowest BCUT2D eigenvalue weighted by atomic mass is 10.1. The Bertz CT molecular complexity index is 586. The van der Waals surface area contributed by atoms with Crippen molar-refractivity contribution in [3.8, 4) is 0 Å². The van der Waals surface area contributed by atoms with Gasteiger partial charge in [-0.25, -0.2) is 14.4 Å². The van der Waals surface area contributed by atoms with E-state index in [1.807, 2.05) is 0 Å². The molecule has 0 bridgehead atoms. The molecule has 0 spiro atoms. The molecule has 0 unspecified atom stereocenters.